The maximum Gasteiger partial charge on any atom is 0.326 e. The van der Waals surface area contributed by atoms with Crippen LogP contribution < -0.4 is 0 Å². The number of nitrogens with zero attached hydrogens (tertiary/aromatic N) is 1. The lowest BCUT2D eigenvalue weighted by atomic mass is 9.94. The second-order valence-corrected chi connectivity index (χ2v) is 6.85. The van der Waals surface area contributed by atoms with E-state index in [2.05, 4.69) is 22.6 Å². The molecule has 3 atom stereocenters. The van der Waals surface area contributed by atoms with Gasteiger partial charge in [0.1, 0.15) is 6.04 Å². The maximum absolute atomic E-state index is 12.6. The topological polar surface area (TPSA) is 57.6 Å². The molecule has 20 heavy (non-hydrogen) atoms. The van der Waals surface area contributed by atoms with Crippen LogP contribution in [0.4, 0.5) is 0 Å². The van der Waals surface area contributed by atoms with Crippen molar-refractivity contribution in [1.29, 1.82) is 0 Å². The number of likely N-dealkylation sites (tertiary alicyclic amines) is 1. The van der Waals surface area contributed by atoms with Crippen molar-refractivity contribution in [3.05, 3.63) is 33.4 Å². The Morgan fingerprint density at radius 1 is 1.20 bits per heavy atom. The number of carboxylic acid groups (broad SMARTS) is 1. The summed E-state index contributed by atoms with van der Waals surface area (Å²) in [5.74, 6) is -0.509. The molecule has 3 rings (SSSR count). The molecule has 5 heteroatoms. The van der Waals surface area contributed by atoms with Crippen molar-refractivity contribution in [3.8, 4) is 0 Å². The highest BCUT2D eigenvalue weighted by atomic mass is 127. The van der Waals surface area contributed by atoms with Crippen LogP contribution in [0.5, 0.6) is 0 Å². The summed E-state index contributed by atoms with van der Waals surface area (Å²) in [5.41, 5.74) is 0.580. The van der Waals surface area contributed by atoms with E-state index in [1.807, 2.05) is 12.1 Å². The van der Waals surface area contributed by atoms with Crippen LogP contribution in [0.2, 0.25) is 0 Å². The quantitative estimate of drug-likeness (QED) is 0.797. The summed E-state index contributed by atoms with van der Waals surface area (Å²) >= 11 is 2.19. The van der Waals surface area contributed by atoms with E-state index in [0.717, 1.165) is 22.8 Å². The number of fused-ring (bicyclic) bond motifs is 1. The molecule has 0 radical (unpaired) electrons. The summed E-state index contributed by atoms with van der Waals surface area (Å²) in [4.78, 5) is 25.7. The number of carbonyl (C=O) groups is 2. The second kappa shape index (κ2) is 5.35. The minimum Gasteiger partial charge on any atom is -0.480 e. The lowest BCUT2D eigenvalue weighted by Gasteiger charge is -2.24. The fourth-order valence-electron chi connectivity index (χ4n) is 3.59. The van der Waals surface area contributed by atoms with Crippen molar-refractivity contribution in [1.82, 2.24) is 4.90 Å². The minimum atomic E-state index is -0.863. The van der Waals surface area contributed by atoms with Gasteiger partial charge in [-0.3, -0.25) is 4.79 Å². The largest absolute Gasteiger partial charge is 0.480 e. The van der Waals surface area contributed by atoms with Gasteiger partial charge in [-0.15, -0.1) is 0 Å². The zero-order valence-corrected chi connectivity index (χ0v) is 13.1. The van der Waals surface area contributed by atoms with E-state index in [-0.39, 0.29) is 11.8 Å². The molecule has 1 aromatic rings. The fourth-order valence-corrected chi connectivity index (χ4v) is 3.95. The molecule has 1 N–H and O–H groups in total. The molecule has 2 fully saturated rings. The van der Waals surface area contributed by atoms with Crippen molar-refractivity contribution in [2.45, 2.75) is 25.3 Å². The normalized spacial score (nSPS) is 28.4. The Bertz CT molecular complexity index is 543. The number of halogens is 1. The fraction of sp³-hybridized carbons (Fsp3) is 0.467. The molecular weight excluding hydrogens is 369 g/mol. The van der Waals surface area contributed by atoms with Gasteiger partial charge >= 0.3 is 5.97 Å². The standard InChI is InChI=1S/C15H16INO3/c16-11-6-4-9(5-7-11)14(18)17-8-10-2-1-3-12(10)13(17)15(19)20/h4-7,10,12-13H,1-3,8H2,(H,19,20). The molecule has 4 nitrogen and oxygen atoms in total. The Hall–Kier alpha value is -1.11. The zero-order chi connectivity index (χ0) is 14.3. The average Bonchev–Trinajstić information content (AvgIpc) is 2.97. The van der Waals surface area contributed by atoms with Crippen molar-refractivity contribution in [2.24, 2.45) is 11.8 Å². The number of benzene rings is 1. The van der Waals surface area contributed by atoms with Crippen LogP contribution in [0, 0.1) is 15.4 Å². The molecule has 0 spiro atoms. The Morgan fingerprint density at radius 3 is 2.55 bits per heavy atom. The third-order valence-corrected chi connectivity index (χ3v) is 5.21. The number of carbonyl (C=O) groups excluding carboxylic acids is 1. The monoisotopic (exact) mass is 385 g/mol. The number of hydrogen-bond donors (Lipinski definition) is 1. The predicted octanol–water partition coefficient (Wildman–Crippen LogP) is 2.62. The molecule has 1 aliphatic heterocycles. The molecule has 1 amide bonds. The molecule has 106 valence electrons. The van der Waals surface area contributed by atoms with Gasteiger partial charge in [0.05, 0.1) is 0 Å². The van der Waals surface area contributed by atoms with E-state index in [0.29, 0.717) is 18.0 Å². The number of amides is 1. The van der Waals surface area contributed by atoms with Crippen LogP contribution in [0.1, 0.15) is 29.6 Å². The van der Waals surface area contributed by atoms with E-state index in [9.17, 15) is 14.7 Å². The highest BCUT2D eigenvalue weighted by Gasteiger charge is 2.49. The maximum atomic E-state index is 12.6. The van der Waals surface area contributed by atoms with Gasteiger partial charge in [-0.1, -0.05) is 6.42 Å². The van der Waals surface area contributed by atoms with Crippen molar-refractivity contribution >= 4 is 34.5 Å². The number of rotatable bonds is 2. The van der Waals surface area contributed by atoms with Crippen LogP contribution >= 0.6 is 22.6 Å². The predicted molar refractivity (Wildman–Crippen MR) is 82.5 cm³/mol. The summed E-state index contributed by atoms with van der Waals surface area (Å²) in [7, 11) is 0. The Balaban J connectivity index is 1.87. The molecule has 0 aromatic heterocycles. The SMILES string of the molecule is O=C(O)C1C2CCCC2CN1C(=O)c1ccc(I)cc1. The van der Waals surface area contributed by atoms with Gasteiger partial charge in [-0.2, -0.15) is 0 Å². The van der Waals surface area contributed by atoms with Crippen LogP contribution in [-0.4, -0.2) is 34.5 Å². The van der Waals surface area contributed by atoms with Gasteiger partial charge < -0.3 is 10.0 Å². The van der Waals surface area contributed by atoms with E-state index >= 15 is 0 Å². The van der Waals surface area contributed by atoms with Crippen LogP contribution in [0.15, 0.2) is 24.3 Å². The second-order valence-electron chi connectivity index (χ2n) is 5.60. The van der Waals surface area contributed by atoms with Gasteiger partial charge in [0, 0.05) is 15.7 Å². The Morgan fingerprint density at radius 2 is 1.90 bits per heavy atom. The van der Waals surface area contributed by atoms with Gasteiger partial charge in [-0.05, 0) is 71.5 Å². The highest BCUT2D eigenvalue weighted by molar-refractivity contribution is 14.1. The van der Waals surface area contributed by atoms with E-state index in [1.54, 1.807) is 17.0 Å². The third kappa shape index (κ3) is 2.32. The first-order chi connectivity index (χ1) is 9.58. The summed E-state index contributed by atoms with van der Waals surface area (Å²) in [6.07, 6.45) is 3.06. The lowest BCUT2D eigenvalue weighted by molar-refractivity contribution is -0.142. The summed E-state index contributed by atoms with van der Waals surface area (Å²) in [6, 6.07) is 6.66. The highest BCUT2D eigenvalue weighted by Crippen LogP contribution is 2.42. The average molecular weight is 385 g/mol. The molecule has 3 unspecified atom stereocenters. The van der Waals surface area contributed by atoms with E-state index in [4.69, 9.17) is 0 Å². The van der Waals surface area contributed by atoms with Gasteiger partial charge in [0.2, 0.25) is 0 Å². The van der Waals surface area contributed by atoms with Gasteiger partial charge in [-0.25, -0.2) is 4.79 Å². The first-order valence-corrected chi connectivity index (χ1v) is 7.95. The molecule has 1 aromatic carbocycles. The first kappa shape index (κ1) is 13.9. The van der Waals surface area contributed by atoms with Crippen LogP contribution in [-0.2, 0) is 4.79 Å². The Labute approximate surface area is 131 Å². The molecular formula is C15H16INO3. The molecule has 0 bridgehead atoms. The third-order valence-electron chi connectivity index (χ3n) is 4.50. The Kier molecular flexibility index (Phi) is 3.70. The lowest BCUT2D eigenvalue weighted by Crippen LogP contribution is -2.43. The summed E-state index contributed by atoms with van der Waals surface area (Å²) in [5, 5.41) is 9.48. The molecule has 2 aliphatic rings. The van der Waals surface area contributed by atoms with Crippen molar-refractivity contribution < 1.29 is 14.7 Å². The van der Waals surface area contributed by atoms with E-state index < -0.39 is 12.0 Å². The smallest absolute Gasteiger partial charge is 0.326 e. The summed E-state index contributed by atoms with van der Waals surface area (Å²) < 4.78 is 1.06. The summed E-state index contributed by atoms with van der Waals surface area (Å²) in [6.45, 7) is 0.590. The number of aliphatic carboxylic acids is 1. The minimum absolute atomic E-state index is 0.139. The van der Waals surface area contributed by atoms with Crippen molar-refractivity contribution in [3.63, 3.8) is 0 Å². The van der Waals surface area contributed by atoms with Gasteiger partial charge in [0.25, 0.3) is 5.91 Å². The van der Waals surface area contributed by atoms with Gasteiger partial charge in [0.15, 0.2) is 0 Å². The number of carboxylic acids is 1. The molecule has 1 aliphatic carbocycles. The first-order valence-electron chi connectivity index (χ1n) is 6.87. The van der Waals surface area contributed by atoms with E-state index in [1.165, 1.54) is 0 Å². The molecule has 1 saturated carbocycles. The van der Waals surface area contributed by atoms with Crippen LogP contribution in [0.25, 0.3) is 0 Å². The zero-order valence-electron chi connectivity index (χ0n) is 11.0. The molecule has 1 heterocycles. The van der Waals surface area contributed by atoms with Crippen molar-refractivity contribution in [2.75, 3.05) is 6.54 Å². The van der Waals surface area contributed by atoms with Crippen LogP contribution in [0.3, 0.4) is 0 Å². The number of hydrogen-bond acceptors (Lipinski definition) is 2. The molecule has 1 saturated heterocycles.